The van der Waals surface area contributed by atoms with Crippen LogP contribution in [0.3, 0.4) is 0 Å². The molecule has 3 nitrogen and oxygen atoms in total. The molecule has 0 aliphatic heterocycles. The summed E-state index contributed by atoms with van der Waals surface area (Å²) in [5, 5.41) is 0. The molecular weight excluding hydrogens is 262 g/mol. The van der Waals surface area contributed by atoms with Crippen molar-refractivity contribution in [2.45, 2.75) is 6.92 Å². The minimum absolute atomic E-state index is 0.383. The molecule has 0 aromatic heterocycles. The second-order valence-electron chi connectivity index (χ2n) is 4.83. The first-order valence-corrected chi connectivity index (χ1v) is 6.77. The van der Waals surface area contributed by atoms with E-state index in [9.17, 15) is 4.79 Å². The van der Waals surface area contributed by atoms with Gasteiger partial charge in [-0.05, 0) is 24.1 Å². The number of benzene rings is 2. The number of carbonyl (C=O) groups is 1. The Balaban J connectivity index is 2.28. The van der Waals surface area contributed by atoms with Gasteiger partial charge >= 0.3 is 6.09 Å². The van der Waals surface area contributed by atoms with Crippen molar-refractivity contribution < 1.29 is 9.53 Å². The third-order valence-corrected chi connectivity index (χ3v) is 3.28. The van der Waals surface area contributed by atoms with Gasteiger partial charge in [0.2, 0.25) is 0 Å². The molecule has 0 unspecified atom stereocenters. The Hall–Kier alpha value is -2.55. The van der Waals surface area contributed by atoms with Crippen LogP contribution in [0.4, 0.5) is 10.5 Å². The molecule has 0 radical (unpaired) electrons. The molecule has 0 heterocycles. The maximum atomic E-state index is 11.7. The van der Waals surface area contributed by atoms with Crippen molar-refractivity contribution in [2.24, 2.45) is 0 Å². The Bertz CT molecular complexity index is 645. The number of hydrogen-bond donors (Lipinski definition) is 0. The SMILES string of the molecule is COC(=O)N(C)c1ccccc1/C=C/c1ccc(C)cc1. The molecule has 0 spiro atoms. The number of carbonyl (C=O) groups excluding carboxylic acids is 1. The number of amides is 1. The fourth-order valence-electron chi connectivity index (χ4n) is 2.03. The van der Waals surface area contributed by atoms with Gasteiger partial charge in [0.05, 0.1) is 12.8 Å². The van der Waals surface area contributed by atoms with Gasteiger partial charge in [-0.2, -0.15) is 0 Å². The van der Waals surface area contributed by atoms with Gasteiger partial charge in [0.1, 0.15) is 0 Å². The van der Waals surface area contributed by atoms with E-state index in [1.807, 2.05) is 36.4 Å². The average Bonchev–Trinajstić information content (AvgIpc) is 2.53. The van der Waals surface area contributed by atoms with Gasteiger partial charge in [-0.25, -0.2) is 4.79 Å². The van der Waals surface area contributed by atoms with Crippen molar-refractivity contribution in [3.63, 3.8) is 0 Å². The van der Waals surface area contributed by atoms with E-state index in [0.717, 1.165) is 16.8 Å². The van der Waals surface area contributed by atoms with E-state index < -0.39 is 0 Å². The van der Waals surface area contributed by atoms with Crippen LogP contribution in [0.5, 0.6) is 0 Å². The third kappa shape index (κ3) is 3.72. The Morgan fingerprint density at radius 3 is 2.38 bits per heavy atom. The lowest BCUT2D eigenvalue weighted by Crippen LogP contribution is -2.26. The van der Waals surface area contributed by atoms with Crippen LogP contribution in [0.2, 0.25) is 0 Å². The highest BCUT2D eigenvalue weighted by atomic mass is 16.5. The molecule has 108 valence electrons. The summed E-state index contributed by atoms with van der Waals surface area (Å²) >= 11 is 0. The number of ether oxygens (including phenoxy) is 1. The fraction of sp³-hybridized carbons (Fsp3) is 0.167. The Morgan fingerprint density at radius 1 is 1.05 bits per heavy atom. The number of methoxy groups -OCH3 is 1. The molecule has 0 bridgehead atoms. The molecule has 2 aromatic rings. The van der Waals surface area contributed by atoms with Gasteiger partial charge in [0, 0.05) is 7.05 Å². The molecule has 21 heavy (non-hydrogen) atoms. The van der Waals surface area contributed by atoms with Crippen molar-refractivity contribution >= 4 is 23.9 Å². The molecule has 2 aromatic carbocycles. The summed E-state index contributed by atoms with van der Waals surface area (Å²) in [4.78, 5) is 13.2. The highest BCUT2D eigenvalue weighted by Gasteiger charge is 2.12. The summed E-state index contributed by atoms with van der Waals surface area (Å²) in [5.41, 5.74) is 4.13. The molecule has 0 saturated heterocycles. The number of para-hydroxylation sites is 1. The molecule has 0 fully saturated rings. The zero-order valence-electron chi connectivity index (χ0n) is 12.5. The van der Waals surface area contributed by atoms with Crippen molar-refractivity contribution in [1.82, 2.24) is 0 Å². The Kier molecular flexibility index (Phi) is 4.77. The van der Waals surface area contributed by atoms with Crippen molar-refractivity contribution in [2.75, 3.05) is 19.1 Å². The van der Waals surface area contributed by atoms with E-state index in [4.69, 9.17) is 4.74 Å². The highest BCUT2D eigenvalue weighted by Crippen LogP contribution is 2.22. The minimum atomic E-state index is -0.383. The Labute approximate surface area is 125 Å². The molecular formula is C18H19NO2. The normalized spacial score (nSPS) is 10.6. The molecule has 0 atom stereocenters. The zero-order valence-corrected chi connectivity index (χ0v) is 12.5. The average molecular weight is 281 g/mol. The molecule has 1 amide bonds. The van der Waals surface area contributed by atoms with Crippen molar-refractivity contribution in [3.05, 3.63) is 65.2 Å². The number of aryl methyl sites for hydroxylation is 1. The van der Waals surface area contributed by atoms with E-state index in [2.05, 4.69) is 31.2 Å². The standard InChI is InChI=1S/C18H19NO2/c1-14-8-10-15(11-9-14)12-13-16-6-4-5-7-17(16)19(2)18(20)21-3/h4-13H,1-3H3/b13-12+. The second-order valence-corrected chi connectivity index (χ2v) is 4.83. The maximum Gasteiger partial charge on any atom is 0.413 e. The van der Waals surface area contributed by atoms with E-state index in [1.165, 1.54) is 17.6 Å². The summed E-state index contributed by atoms with van der Waals surface area (Å²) in [5.74, 6) is 0. The van der Waals surface area contributed by atoms with Crippen molar-refractivity contribution in [1.29, 1.82) is 0 Å². The molecule has 0 N–H and O–H groups in total. The first kappa shape index (κ1) is 14.9. The molecule has 0 aliphatic carbocycles. The molecule has 0 saturated carbocycles. The number of nitrogens with zero attached hydrogens (tertiary/aromatic N) is 1. The van der Waals surface area contributed by atoms with Crippen LogP contribution >= 0.6 is 0 Å². The third-order valence-electron chi connectivity index (χ3n) is 3.28. The van der Waals surface area contributed by atoms with Gasteiger partial charge in [0.25, 0.3) is 0 Å². The topological polar surface area (TPSA) is 29.5 Å². The summed E-state index contributed by atoms with van der Waals surface area (Å²) in [6.45, 7) is 2.06. The van der Waals surface area contributed by atoms with Crippen molar-refractivity contribution in [3.8, 4) is 0 Å². The summed E-state index contributed by atoms with van der Waals surface area (Å²) < 4.78 is 4.76. The maximum absolute atomic E-state index is 11.7. The molecule has 2 rings (SSSR count). The predicted octanol–water partition coefficient (Wildman–Crippen LogP) is 4.37. The lowest BCUT2D eigenvalue weighted by Gasteiger charge is -2.17. The van der Waals surface area contributed by atoms with Crippen LogP contribution < -0.4 is 4.90 Å². The number of rotatable bonds is 3. The van der Waals surface area contributed by atoms with Crippen LogP contribution in [0.25, 0.3) is 12.2 Å². The van der Waals surface area contributed by atoms with E-state index in [-0.39, 0.29) is 6.09 Å². The van der Waals surface area contributed by atoms with Crippen LogP contribution in [0.15, 0.2) is 48.5 Å². The minimum Gasteiger partial charge on any atom is -0.452 e. The van der Waals surface area contributed by atoms with Crippen LogP contribution in [-0.2, 0) is 4.74 Å². The van der Waals surface area contributed by atoms with E-state index >= 15 is 0 Å². The lowest BCUT2D eigenvalue weighted by atomic mass is 10.1. The number of hydrogen-bond acceptors (Lipinski definition) is 2. The fourth-order valence-corrected chi connectivity index (χ4v) is 2.03. The lowest BCUT2D eigenvalue weighted by molar-refractivity contribution is 0.180. The van der Waals surface area contributed by atoms with Crippen LogP contribution in [0, 0.1) is 6.92 Å². The summed E-state index contributed by atoms with van der Waals surface area (Å²) in [7, 11) is 3.08. The molecule has 3 heteroatoms. The zero-order chi connectivity index (χ0) is 15.2. The van der Waals surface area contributed by atoms with Crippen LogP contribution in [0.1, 0.15) is 16.7 Å². The highest BCUT2D eigenvalue weighted by molar-refractivity contribution is 5.91. The summed E-state index contributed by atoms with van der Waals surface area (Å²) in [6, 6.07) is 16.0. The van der Waals surface area contributed by atoms with E-state index in [1.54, 1.807) is 7.05 Å². The monoisotopic (exact) mass is 281 g/mol. The van der Waals surface area contributed by atoms with Gasteiger partial charge in [-0.3, -0.25) is 4.90 Å². The number of anilines is 1. The Morgan fingerprint density at radius 2 is 1.71 bits per heavy atom. The predicted molar refractivity (Wildman–Crippen MR) is 87.4 cm³/mol. The van der Waals surface area contributed by atoms with Gasteiger partial charge < -0.3 is 4.74 Å². The van der Waals surface area contributed by atoms with Gasteiger partial charge in [-0.1, -0.05) is 60.2 Å². The second kappa shape index (κ2) is 6.75. The quantitative estimate of drug-likeness (QED) is 0.782. The smallest absolute Gasteiger partial charge is 0.413 e. The van der Waals surface area contributed by atoms with Gasteiger partial charge in [0.15, 0.2) is 0 Å². The first-order chi connectivity index (χ1) is 10.1. The summed E-state index contributed by atoms with van der Waals surface area (Å²) in [6.07, 6.45) is 3.65. The van der Waals surface area contributed by atoms with Gasteiger partial charge in [-0.15, -0.1) is 0 Å². The molecule has 0 aliphatic rings. The van der Waals surface area contributed by atoms with E-state index in [0.29, 0.717) is 0 Å². The first-order valence-electron chi connectivity index (χ1n) is 6.77. The van der Waals surface area contributed by atoms with Crippen LogP contribution in [-0.4, -0.2) is 20.3 Å². The largest absolute Gasteiger partial charge is 0.452 e.